The zero-order valence-electron chi connectivity index (χ0n) is 11.6. The number of hydrogen-bond donors (Lipinski definition) is 2. The van der Waals surface area contributed by atoms with Gasteiger partial charge in [0.1, 0.15) is 0 Å². The van der Waals surface area contributed by atoms with Gasteiger partial charge in [0.05, 0.1) is 18.2 Å². The molecule has 1 aliphatic rings. The van der Waals surface area contributed by atoms with E-state index in [1.54, 1.807) is 11.8 Å². The lowest BCUT2D eigenvalue weighted by atomic mass is 9.79. The Labute approximate surface area is 119 Å². The van der Waals surface area contributed by atoms with Crippen LogP contribution in [0.3, 0.4) is 0 Å². The highest BCUT2D eigenvalue weighted by Gasteiger charge is 2.35. The van der Waals surface area contributed by atoms with Gasteiger partial charge in [-0.1, -0.05) is 13.8 Å². The minimum atomic E-state index is -0.153. The van der Waals surface area contributed by atoms with Crippen molar-refractivity contribution in [2.24, 2.45) is 5.41 Å². The molecule has 0 radical (unpaired) electrons. The number of rotatable bonds is 3. The minimum absolute atomic E-state index is 0.153. The second kappa shape index (κ2) is 5.44. The van der Waals surface area contributed by atoms with Gasteiger partial charge < -0.3 is 10.4 Å². The quantitative estimate of drug-likeness (QED) is 0.890. The van der Waals surface area contributed by atoms with Gasteiger partial charge in [0.15, 0.2) is 0 Å². The summed E-state index contributed by atoms with van der Waals surface area (Å²) in [5, 5.41) is 22.4. The van der Waals surface area contributed by atoms with E-state index in [4.69, 9.17) is 5.26 Å². The Morgan fingerprint density at radius 1 is 1.53 bits per heavy atom. The lowest BCUT2D eigenvalue weighted by Crippen LogP contribution is -2.42. The van der Waals surface area contributed by atoms with Crippen molar-refractivity contribution in [2.75, 3.05) is 18.2 Å². The number of benzene rings is 1. The van der Waals surface area contributed by atoms with E-state index < -0.39 is 0 Å². The molecule has 0 spiro atoms. The van der Waals surface area contributed by atoms with E-state index in [1.807, 2.05) is 18.2 Å². The highest BCUT2D eigenvalue weighted by molar-refractivity contribution is 7.98. The molecule has 1 aliphatic heterocycles. The predicted octanol–water partition coefficient (Wildman–Crippen LogP) is 3.17. The number of aliphatic hydroxyl groups excluding tert-OH is 1. The first-order valence-electron chi connectivity index (χ1n) is 6.46. The van der Waals surface area contributed by atoms with E-state index in [0.717, 1.165) is 12.1 Å². The highest BCUT2D eigenvalue weighted by Crippen LogP contribution is 2.44. The van der Waals surface area contributed by atoms with Crippen molar-refractivity contribution in [2.45, 2.75) is 31.6 Å². The van der Waals surface area contributed by atoms with Gasteiger partial charge in [-0.2, -0.15) is 17.0 Å². The molecule has 19 heavy (non-hydrogen) atoms. The molecule has 1 aromatic rings. The van der Waals surface area contributed by atoms with E-state index in [9.17, 15) is 5.11 Å². The molecule has 0 amide bonds. The molecule has 1 heterocycles. The number of nitrogens with zero attached hydrogens (tertiary/aromatic N) is 1. The smallest absolute Gasteiger partial charge is 0.0991 e. The van der Waals surface area contributed by atoms with Crippen LogP contribution in [0, 0.1) is 16.7 Å². The third-order valence-electron chi connectivity index (χ3n) is 3.94. The third kappa shape index (κ3) is 2.72. The van der Waals surface area contributed by atoms with Crippen LogP contribution in [0.4, 0.5) is 5.69 Å². The van der Waals surface area contributed by atoms with Crippen LogP contribution in [0.2, 0.25) is 0 Å². The van der Waals surface area contributed by atoms with Crippen LogP contribution >= 0.6 is 11.8 Å². The first kappa shape index (κ1) is 14.2. The summed E-state index contributed by atoms with van der Waals surface area (Å²) in [4.78, 5) is 0. The Bertz CT molecular complexity index is 507. The predicted molar refractivity (Wildman–Crippen MR) is 80.3 cm³/mol. The second-order valence-electron chi connectivity index (χ2n) is 5.72. The molecule has 2 unspecified atom stereocenters. The Hall–Kier alpha value is -1.18. The van der Waals surface area contributed by atoms with Crippen LogP contribution in [0.25, 0.3) is 0 Å². The summed E-state index contributed by atoms with van der Waals surface area (Å²) in [5.41, 5.74) is 2.85. The Balaban J connectivity index is 2.37. The summed E-state index contributed by atoms with van der Waals surface area (Å²) in [5.74, 6) is 0. The first-order chi connectivity index (χ1) is 9.01. The van der Waals surface area contributed by atoms with Crippen molar-refractivity contribution in [3.05, 3.63) is 29.3 Å². The Morgan fingerprint density at radius 2 is 2.26 bits per heavy atom. The van der Waals surface area contributed by atoms with Gasteiger partial charge in [0, 0.05) is 22.4 Å². The van der Waals surface area contributed by atoms with Crippen LogP contribution in [-0.2, 0) is 0 Å². The van der Waals surface area contributed by atoms with Crippen molar-refractivity contribution in [1.82, 2.24) is 0 Å². The van der Waals surface area contributed by atoms with Crippen molar-refractivity contribution < 1.29 is 5.11 Å². The zero-order chi connectivity index (χ0) is 14.0. The van der Waals surface area contributed by atoms with E-state index in [-0.39, 0.29) is 18.1 Å². The molecule has 102 valence electrons. The fourth-order valence-corrected chi connectivity index (χ4v) is 3.30. The number of aliphatic hydroxyl groups is 1. The number of hydrogen-bond acceptors (Lipinski definition) is 4. The molecular weight excluding hydrogens is 256 g/mol. The molecule has 2 atom stereocenters. The second-order valence-corrected chi connectivity index (χ2v) is 6.76. The summed E-state index contributed by atoms with van der Waals surface area (Å²) >= 11 is 1.81. The van der Waals surface area contributed by atoms with E-state index in [2.05, 4.69) is 31.5 Å². The lowest BCUT2D eigenvalue weighted by Gasteiger charge is -2.40. The highest BCUT2D eigenvalue weighted by atomic mass is 32.2. The van der Waals surface area contributed by atoms with Crippen LogP contribution in [-0.4, -0.2) is 24.0 Å². The SMILES string of the molecule is CSC1CC(C(C)(C)CO)Nc2ccc(C#N)cc21. The number of fused-ring (bicyclic) bond motifs is 1. The van der Waals surface area contributed by atoms with Gasteiger partial charge in [-0.05, 0) is 36.4 Å². The summed E-state index contributed by atoms with van der Waals surface area (Å²) in [6, 6.07) is 8.25. The minimum Gasteiger partial charge on any atom is -0.396 e. The number of nitriles is 1. The summed E-state index contributed by atoms with van der Waals surface area (Å²) in [6.07, 6.45) is 3.07. The standard InChI is InChI=1S/C15H20N2OS/c1-15(2,9-18)14-7-13(19-3)11-6-10(8-16)4-5-12(11)17-14/h4-6,13-14,17-18H,7,9H2,1-3H3. The van der Waals surface area contributed by atoms with Gasteiger partial charge in [0.2, 0.25) is 0 Å². The molecule has 0 saturated carbocycles. The molecule has 0 aliphatic carbocycles. The van der Waals surface area contributed by atoms with Gasteiger partial charge in [-0.25, -0.2) is 0 Å². The molecule has 2 N–H and O–H groups in total. The van der Waals surface area contributed by atoms with Gasteiger partial charge >= 0.3 is 0 Å². The lowest BCUT2D eigenvalue weighted by molar-refractivity contribution is 0.134. The zero-order valence-corrected chi connectivity index (χ0v) is 12.4. The number of nitrogens with one attached hydrogen (secondary N) is 1. The summed E-state index contributed by atoms with van der Waals surface area (Å²) in [7, 11) is 0. The normalized spacial score (nSPS) is 22.3. The summed E-state index contributed by atoms with van der Waals surface area (Å²) in [6.45, 7) is 4.32. The van der Waals surface area contributed by atoms with Gasteiger partial charge in [-0.3, -0.25) is 0 Å². The maximum atomic E-state index is 9.55. The van der Waals surface area contributed by atoms with E-state index in [1.165, 1.54) is 5.56 Å². The Kier molecular flexibility index (Phi) is 4.07. The van der Waals surface area contributed by atoms with Crippen molar-refractivity contribution >= 4 is 17.4 Å². The van der Waals surface area contributed by atoms with E-state index in [0.29, 0.717) is 10.8 Å². The molecule has 4 heteroatoms. The molecule has 0 fully saturated rings. The Morgan fingerprint density at radius 3 is 2.84 bits per heavy atom. The van der Waals surface area contributed by atoms with Gasteiger partial charge in [-0.15, -0.1) is 0 Å². The summed E-state index contributed by atoms with van der Waals surface area (Å²) < 4.78 is 0. The van der Waals surface area contributed by atoms with Gasteiger partial charge in [0.25, 0.3) is 0 Å². The maximum Gasteiger partial charge on any atom is 0.0991 e. The maximum absolute atomic E-state index is 9.55. The molecule has 1 aromatic carbocycles. The molecule has 3 nitrogen and oxygen atoms in total. The molecule has 0 saturated heterocycles. The van der Waals surface area contributed by atoms with E-state index >= 15 is 0 Å². The monoisotopic (exact) mass is 276 g/mol. The first-order valence-corrected chi connectivity index (χ1v) is 7.75. The van der Waals surface area contributed by atoms with Crippen LogP contribution < -0.4 is 5.32 Å². The van der Waals surface area contributed by atoms with Crippen molar-refractivity contribution in [1.29, 1.82) is 5.26 Å². The van der Waals surface area contributed by atoms with Crippen LogP contribution in [0.15, 0.2) is 18.2 Å². The number of thioether (sulfide) groups is 1. The molecular formula is C15H20N2OS. The molecule has 0 aromatic heterocycles. The fraction of sp³-hybridized carbons (Fsp3) is 0.533. The number of anilines is 1. The fourth-order valence-electron chi connectivity index (χ4n) is 2.47. The largest absolute Gasteiger partial charge is 0.396 e. The topological polar surface area (TPSA) is 56.0 Å². The third-order valence-corrected chi connectivity index (χ3v) is 4.96. The molecule has 2 rings (SSSR count). The molecule has 0 bridgehead atoms. The van der Waals surface area contributed by atoms with Crippen molar-refractivity contribution in [3.8, 4) is 6.07 Å². The average Bonchev–Trinajstić information content (AvgIpc) is 2.45. The van der Waals surface area contributed by atoms with Crippen LogP contribution in [0.5, 0.6) is 0 Å². The average molecular weight is 276 g/mol. The van der Waals surface area contributed by atoms with Crippen LogP contribution in [0.1, 0.15) is 36.6 Å². The van der Waals surface area contributed by atoms with Crippen molar-refractivity contribution in [3.63, 3.8) is 0 Å².